The molecule has 7 rings (SSSR count). The highest BCUT2D eigenvalue weighted by Crippen LogP contribution is 2.54. The second kappa shape index (κ2) is 15.7. The van der Waals surface area contributed by atoms with E-state index in [-0.39, 0.29) is 37.8 Å². The Kier molecular flexibility index (Phi) is 10.8. The molecule has 0 aromatic heterocycles. The molecule has 0 saturated carbocycles. The SMILES string of the molecule is COC[C@@H]1NC(=O)CC/C=C\[C@@H]2O[C@@]34C=CCN(c5cc(C)ccc5C)C(=O)[C@@H]3N([C@@H](CO)Cc3ccccc3)C(=O)[C@H]4[C@@H]2C(=O)O[C@H]1c1ccccc1. The molecule has 11 nitrogen and oxygen atoms in total. The minimum Gasteiger partial charge on any atom is -0.455 e. The summed E-state index contributed by atoms with van der Waals surface area (Å²) in [5.41, 5.74) is 2.50. The first-order valence-corrected chi connectivity index (χ1v) is 18.6. The van der Waals surface area contributed by atoms with Crippen LogP contribution in [-0.2, 0) is 39.8 Å². The van der Waals surface area contributed by atoms with Crippen molar-refractivity contribution in [2.24, 2.45) is 11.8 Å². The molecule has 2 fully saturated rings. The van der Waals surface area contributed by atoms with Crippen molar-refractivity contribution in [3.63, 3.8) is 0 Å². The van der Waals surface area contributed by atoms with Crippen LogP contribution in [0.5, 0.6) is 0 Å². The molecule has 0 bridgehead atoms. The number of allylic oxidation sites excluding steroid dienone is 1. The van der Waals surface area contributed by atoms with Crippen molar-refractivity contribution >= 4 is 29.4 Å². The van der Waals surface area contributed by atoms with E-state index in [0.717, 1.165) is 16.7 Å². The minimum atomic E-state index is -1.58. The fourth-order valence-electron chi connectivity index (χ4n) is 8.59. The number of ether oxygens (including phenoxy) is 3. The maximum atomic E-state index is 15.2. The van der Waals surface area contributed by atoms with Gasteiger partial charge in [0.05, 0.1) is 37.3 Å². The van der Waals surface area contributed by atoms with E-state index >= 15 is 9.59 Å². The van der Waals surface area contributed by atoms with E-state index in [9.17, 15) is 14.7 Å². The Morgan fingerprint density at radius 1 is 0.963 bits per heavy atom. The highest BCUT2D eigenvalue weighted by atomic mass is 16.6. The van der Waals surface area contributed by atoms with Gasteiger partial charge >= 0.3 is 5.97 Å². The van der Waals surface area contributed by atoms with Gasteiger partial charge in [-0.15, -0.1) is 0 Å². The molecule has 1 spiro atoms. The molecule has 4 aliphatic heterocycles. The minimum absolute atomic E-state index is 0.0598. The number of aliphatic hydroxyl groups excluding tert-OH is 1. The van der Waals surface area contributed by atoms with E-state index in [1.807, 2.05) is 98.8 Å². The van der Waals surface area contributed by atoms with E-state index in [2.05, 4.69) is 5.32 Å². The van der Waals surface area contributed by atoms with E-state index in [4.69, 9.17) is 14.2 Å². The molecule has 0 aliphatic carbocycles. The lowest BCUT2D eigenvalue weighted by Crippen LogP contribution is -2.58. The van der Waals surface area contributed by atoms with E-state index in [0.29, 0.717) is 17.7 Å². The van der Waals surface area contributed by atoms with Gasteiger partial charge in [0.15, 0.2) is 0 Å². The molecule has 54 heavy (non-hydrogen) atoms. The highest BCUT2D eigenvalue weighted by molar-refractivity contribution is 6.06. The average molecular weight is 734 g/mol. The van der Waals surface area contributed by atoms with Crippen LogP contribution >= 0.6 is 0 Å². The van der Waals surface area contributed by atoms with E-state index in [1.54, 1.807) is 23.1 Å². The first-order chi connectivity index (χ1) is 26.2. The summed E-state index contributed by atoms with van der Waals surface area (Å²) in [7, 11) is 1.51. The Labute approximate surface area is 315 Å². The lowest BCUT2D eigenvalue weighted by Gasteiger charge is -2.39. The molecule has 0 radical (unpaired) electrons. The Balaban J connectivity index is 1.36. The number of esters is 1. The number of amides is 3. The number of hydrogen-bond acceptors (Lipinski definition) is 8. The molecule has 2 N–H and O–H groups in total. The number of hydrogen-bond donors (Lipinski definition) is 2. The lowest BCUT2D eigenvalue weighted by atomic mass is 9.77. The van der Waals surface area contributed by atoms with Crippen molar-refractivity contribution in [3.05, 3.63) is 125 Å². The number of carbonyl (C=O) groups excluding carboxylic acids is 4. The summed E-state index contributed by atoms with van der Waals surface area (Å²) in [6.07, 6.45) is 5.97. The first-order valence-electron chi connectivity index (χ1n) is 18.6. The van der Waals surface area contributed by atoms with E-state index in [1.165, 1.54) is 12.0 Å². The number of cyclic esters (lactones) is 1. The van der Waals surface area contributed by atoms with Crippen LogP contribution in [0, 0.1) is 25.7 Å². The molecule has 3 aromatic carbocycles. The van der Waals surface area contributed by atoms with Crippen molar-refractivity contribution in [2.45, 2.75) is 69.0 Å². The second-order valence-corrected chi connectivity index (χ2v) is 14.6. The first kappa shape index (κ1) is 37.2. The van der Waals surface area contributed by atoms with Gasteiger partial charge in [-0.05, 0) is 55.0 Å². The van der Waals surface area contributed by atoms with Gasteiger partial charge in [0.25, 0.3) is 5.91 Å². The Morgan fingerprint density at radius 3 is 2.43 bits per heavy atom. The maximum absolute atomic E-state index is 15.2. The lowest BCUT2D eigenvalue weighted by molar-refractivity contribution is -0.162. The molecule has 11 heteroatoms. The summed E-state index contributed by atoms with van der Waals surface area (Å²) in [6, 6.07) is 21.7. The maximum Gasteiger partial charge on any atom is 0.313 e. The third kappa shape index (κ3) is 6.87. The van der Waals surface area contributed by atoms with Crippen LogP contribution < -0.4 is 10.2 Å². The number of fused-ring (bicyclic) bond motifs is 2. The topological polar surface area (TPSA) is 135 Å². The Hall–Kier alpha value is -5.10. The van der Waals surface area contributed by atoms with Gasteiger partial charge in [-0.2, -0.15) is 0 Å². The summed E-state index contributed by atoms with van der Waals surface area (Å²) < 4.78 is 18.8. The molecule has 3 amide bonds. The number of aliphatic hydroxyl groups is 1. The van der Waals surface area contributed by atoms with Gasteiger partial charge in [0, 0.05) is 25.8 Å². The predicted molar refractivity (Wildman–Crippen MR) is 201 cm³/mol. The summed E-state index contributed by atoms with van der Waals surface area (Å²) in [5.74, 6) is -4.11. The van der Waals surface area contributed by atoms with Crippen molar-refractivity contribution in [2.75, 3.05) is 31.8 Å². The van der Waals surface area contributed by atoms with Crippen LogP contribution in [0.2, 0.25) is 0 Å². The van der Waals surface area contributed by atoms with Gasteiger partial charge in [0.1, 0.15) is 23.7 Å². The van der Waals surface area contributed by atoms with Gasteiger partial charge in [-0.25, -0.2) is 0 Å². The molecule has 4 aliphatic rings. The van der Waals surface area contributed by atoms with Gasteiger partial charge in [0.2, 0.25) is 11.8 Å². The van der Waals surface area contributed by atoms with Gasteiger partial charge in [-0.3, -0.25) is 19.2 Å². The van der Waals surface area contributed by atoms with Crippen molar-refractivity contribution in [1.82, 2.24) is 10.2 Å². The van der Waals surface area contributed by atoms with Crippen molar-refractivity contribution in [3.8, 4) is 0 Å². The molecule has 282 valence electrons. The quantitative estimate of drug-likeness (QED) is 0.261. The highest BCUT2D eigenvalue weighted by Gasteiger charge is 2.72. The number of methoxy groups -OCH3 is 1. The zero-order valence-electron chi connectivity index (χ0n) is 30.8. The van der Waals surface area contributed by atoms with Crippen LogP contribution in [0.4, 0.5) is 5.69 Å². The largest absolute Gasteiger partial charge is 0.455 e. The number of likely N-dealkylation sites (tertiary alicyclic amines) is 1. The van der Waals surface area contributed by atoms with Crippen molar-refractivity contribution in [1.29, 1.82) is 0 Å². The fourth-order valence-corrected chi connectivity index (χ4v) is 8.59. The summed E-state index contributed by atoms with van der Waals surface area (Å²) in [6.45, 7) is 3.74. The monoisotopic (exact) mass is 733 g/mol. The fraction of sp³-hybridized carbons (Fsp3) is 0.395. The van der Waals surface area contributed by atoms with Crippen LogP contribution in [0.15, 0.2) is 103 Å². The second-order valence-electron chi connectivity index (χ2n) is 14.6. The number of benzene rings is 3. The standard InChI is InChI=1S/C43H47N3O8/c1-27-19-20-28(2)33(23-27)45-22-12-21-43-37(40(49)46(39(43)41(45)50)31(25-47)24-29-13-6-4-7-14-29)36-34(54-43)17-10-11-18-35(48)44-32(26-52-3)38(53-42(36)51)30-15-8-5-9-16-30/h4-10,12-17,19-21,23,31-32,34,36-39,47H,11,18,22,24-26H2,1-3H3,(H,44,48)/b17-10-/t31-,32+,34+,36-,37-,38+,39+,43-/m1/s1. The number of rotatable bonds is 8. The third-order valence-electron chi connectivity index (χ3n) is 11.1. The molecule has 3 aromatic rings. The number of nitrogens with one attached hydrogen (secondary N) is 1. The number of carbonyl (C=O) groups is 4. The van der Waals surface area contributed by atoms with E-state index < -0.39 is 66.3 Å². The third-order valence-corrected chi connectivity index (χ3v) is 11.1. The normalized spacial score (nSPS) is 29.6. The number of anilines is 1. The molecular weight excluding hydrogens is 686 g/mol. The zero-order valence-corrected chi connectivity index (χ0v) is 30.8. The summed E-state index contributed by atoms with van der Waals surface area (Å²) in [5, 5.41) is 14.0. The molecule has 8 atom stereocenters. The van der Waals surface area contributed by atoms with Gasteiger partial charge in [-0.1, -0.05) is 97.1 Å². The van der Waals surface area contributed by atoms with Crippen LogP contribution in [-0.4, -0.2) is 90.4 Å². The molecule has 0 unspecified atom stereocenters. The smallest absolute Gasteiger partial charge is 0.313 e. The Bertz CT molecular complexity index is 1930. The number of nitrogens with zero attached hydrogens (tertiary/aromatic N) is 2. The molecule has 4 heterocycles. The summed E-state index contributed by atoms with van der Waals surface area (Å²) >= 11 is 0. The van der Waals surface area contributed by atoms with Gasteiger partial charge < -0.3 is 34.4 Å². The molecular formula is C43H47N3O8. The van der Waals surface area contributed by atoms with Crippen molar-refractivity contribution < 1.29 is 38.5 Å². The predicted octanol–water partition coefficient (Wildman–Crippen LogP) is 4.16. The number of aryl methyl sites for hydroxylation is 2. The zero-order chi connectivity index (χ0) is 38.0. The summed E-state index contributed by atoms with van der Waals surface area (Å²) in [4.78, 5) is 61.5. The molecule has 2 saturated heterocycles. The van der Waals surface area contributed by atoms with Crippen LogP contribution in [0.3, 0.4) is 0 Å². The van der Waals surface area contributed by atoms with Crippen LogP contribution in [0.25, 0.3) is 0 Å². The van der Waals surface area contributed by atoms with Crippen LogP contribution in [0.1, 0.15) is 41.2 Å². The Morgan fingerprint density at radius 2 is 1.70 bits per heavy atom. The average Bonchev–Trinajstić information content (AvgIpc) is 3.56.